The second-order valence-corrected chi connectivity index (χ2v) is 5.33. The highest BCUT2D eigenvalue weighted by Gasteiger charge is 2.24. The summed E-state index contributed by atoms with van der Waals surface area (Å²) in [6.07, 6.45) is 5.58. The van der Waals surface area contributed by atoms with Crippen LogP contribution >= 0.6 is 0 Å². The number of nitrogens with one attached hydrogen (secondary N) is 1. The Morgan fingerprint density at radius 1 is 1.12 bits per heavy atom. The topological polar surface area (TPSA) is 24.5 Å². The van der Waals surface area contributed by atoms with Gasteiger partial charge in [-0.3, -0.25) is 4.90 Å². The van der Waals surface area contributed by atoms with Gasteiger partial charge in [0.1, 0.15) is 0 Å². The lowest BCUT2D eigenvalue weighted by Gasteiger charge is -2.37. The summed E-state index contributed by atoms with van der Waals surface area (Å²) in [5.41, 5.74) is 0. The van der Waals surface area contributed by atoms with Gasteiger partial charge >= 0.3 is 0 Å². The van der Waals surface area contributed by atoms with E-state index in [-0.39, 0.29) is 0 Å². The molecule has 1 aliphatic carbocycles. The number of hydrogen-bond acceptors (Lipinski definition) is 3. The van der Waals surface area contributed by atoms with Crippen molar-refractivity contribution in [1.82, 2.24) is 10.2 Å². The number of ether oxygens (including phenoxy) is 1. The van der Waals surface area contributed by atoms with Gasteiger partial charge in [0, 0.05) is 31.2 Å². The maximum Gasteiger partial charge on any atom is 0.0594 e. The fraction of sp³-hybridized carbons (Fsp3) is 1.00. The van der Waals surface area contributed by atoms with Gasteiger partial charge in [0.25, 0.3) is 0 Å². The van der Waals surface area contributed by atoms with Crippen molar-refractivity contribution in [3.8, 4) is 0 Å². The summed E-state index contributed by atoms with van der Waals surface area (Å²) >= 11 is 0. The van der Waals surface area contributed by atoms with Gasteiger partial charge in [-0.2, -0.15) is 0 Å². The number of rotatable bonds is 4. The van der Waals surface area contributed by atoms with E-state index in [1.165, 1.54) is 25.7 Å². The number of morpholine rings is 1. The molecule has 0 spiro atoms. The molecule has 2 aliphatic rings. The van der Waals surface area contributed by atoms with Crippen molar-refractivity contribution < 1.29 is 4.74 Å². The predicted molar refractivity (Wildman–Crippen MR) is 66.7 cm³/mol. The fourth-order valence-corrected chi connectivity index (χ4v) is 2.90. The van der Waals surface area contributed by atoms with Gasteiger partial charge in [0.15, 0.2) is 0 Å². The average molecular weight is 226 g/mol. The Labute approximate surface area is 99.5 Å². The molecule has 0 bridgehead atoms. The monoisotopic (exact) mass is 226 g/mol. The largest absolute Gasteiger partial charge is 0.379 e. The molecule has 0 radical (unpaired) electrons. The van der Waals surface area contributed by atoms with Crippen LogP contribution in [0.3, 0.4) is 0 Å². The van der Waals surface area contributed by atoms with Crippen molar-refractivity contribution in [3.05, 3.63) is 0 Å². The second-order valence-electron chi connectivity index (χ2n) is 5.33. The lowest BCUT2D eigenvalue weighted by atomic mass is 10.1. The zero-order chi connectivity index (χ0) is 11.4. The van der Waals surface area contributed by atoms with Crippen LogP contribution in [0.5, 0.6) is 0 Å². The first-order chi connectivity index (χ1) is 7.77. The quantitative estimate of drug-likeness (QED) is 0.788. The Bertz CT molecular complexity index is 198. The van der Waals surface area contributed by atoms with Gasteiger partial charge in [-0.1, -0.05) is 12.8 Å². The van der Waals surface area contributed by atoms with Crippen LogP contribution in [0.4, 0.5) is 0 Å². The summed E-state index contributed by atoms with van der Waals surface area (Å²) in [7, 11) is 0. The number of nitrogens with zero attached hydrogens (tertiary/aromatic N) is 1. The Hall–Kier alpha value is -0.120. The molecule has 0 aromatic carbocycles. The van der Waals surface area contributed by atoms with Crippen molar-refractivity contribution >= 4 is 0 Å². The highest BCUT2D eigenvalue weighted by atomic mass is 16.5. The summed E-state index contributed by atoms with van der Waals surface area (Å²) in [6, 6.07) is 2.00. The van der Waals surface area contributed by atoms with E-state index >= 15 is 0 Å². The Morgan fingerprint density at radius 2 is 1.75 bits per heavy atom. The molecule has 1 heterocycles. The van der Waals surface area contributed by atoms with Crippen LogP contribution < -0.4 is 5.32 Å². The van der Waals surface area contributed by atoms with Crippen LogP contribution in [0.2, 0.25) is 0 Å². The third-order valence-electron chi connectivity index (χ3n) is 4.20. The molecule has 2 fully saturated rings. The molecule has 16 heavy (non-hydrogen) atoms. The minimum absolute atomic E-state index is 0.598. The predicted octanol–water partition coefficient (Wildman–Crippen LogP) is 1.63. The molecule has 1 N–H and O–H groups in total. The zero-order valence-electron chi connectivity index (χ0n) is 10.7. The van der Waals surface area contributed by atoms with E-state index in [9.17, 15) is 0 Å². The molecule has 2 unspecified atom stereocenters. The molecule has 2 atom stereocenters. The van der Waals surface area contributed by atoms with Crippen LogP contribution in [-0.4, -0.2) is 49.3 Å². The minimum atomic E-state index is 0.598. The van der Waals surface area contributed by atoms with E-state index in [0.717, 1.165) is 32.3 Å². The van der Waals surface area contributed by atoms with Crippen LogP contribution in [0.15, 0.2) is 0 Å². The van der Waals surface area contributed by atoms with Crippen LogP contribution in [0.25, 0.3) is 0 Å². The van der Waals surface area contributed by atoms with E-state index in [1.807, 2.05) is 0 Å². The van der Waals surface area contributed by atoms with E-state index in [2.05, 4.69) is 24.1 Å². The van der Waals surface area contributed by atoms with Gasteiger partial charge in [0.05, 0.1) is 13.2 Å². The van der Waals surface area contributed by atoms with Crippen molar-refractivity contribution in [2.45, 2.75) is 57.7 Å². The summed E-state index contributed by atoms with van der Waals surface area (Å²) in [5, 5.41) is 3.79. The maximum absolute atomic E-state index is 5.40. The van der Waals surface area contributed by atoms with Gasteiger partial charge in [-0.15, -0.1) is 0 Å². The summed E-state index contributed by atoms with van der Waals surface area (Å²) < 4.78 is 5.40. The van der Waals surface area contributed by atoms with Crippen molar-refractivity contribution in [2.24, 2.45) is 0 Å². The maximum atomic E-state index is 5.40. The van der Waals surface area contributed by atoms with E-state index < -0.39 is 0 Å². The van der Waals surface area contributed by atoms with Gasteiger partial charge in [0.2, 0.25) is 0 Å². The molecular weight excluding hydrogens is 200 g/mol. The van der Waals surface area contributed by atoms with E-state index in [0.29, 0.717) is 12.1 Å². The normalized spacial score (nSPS) is 28.1. The highest BCUT2D eigenvalue weighted by Crippen LogP contribution is 2.19. The summed E-state index contributed by atoms with van der Waals surface area (Å²) in [4.78, 5) is 2.55. The molecule has 1 saturated heterocycles. The first kappa shape index (κ1) is 12.3. The molecule has 2 rings (SSSR count). The van der Waals surface area contributed by atoms with Crippen LogP contribution in [-0.2, 0) is 4.74 Å². The van der Waals surface area contributed by atoms with Crippen molar-refractivity contribution in [3.63, 3.8) is 0 Å². The summed E-state index contributed by atoms with van der Waals surface area (Å²) in [5.74, 6) is 0. The van der Waals surface area contributed by atoms with Gasteiger partial charge in [-0.25, -0.2) is 0 Å². The lowest BCUT2D eigenvalue weighted by molar-refractivity contribution is 0.0128. The Balaban J connectivity index is 1.75. The lowest BCUT2D eigenvalue weighted by Crippen LogP contribution is -2.52. The zero-order valence-corrected chi connectivity index (χ0v) is 10.7. The van der Waals surface area contributed by atoms with E-state index in [4.69, 9.17) is 4.74 Å². The summed E-state index contributed by atoms with van der Waals surface area (Å²) in [6.45, 7) is 8.67. The molecule has 0 aromatic heterocycles. The Kier molecular flexibility index (Phi) is 4.62. The third kappa shape index (κ3) is 3.19. The van der Waals surface area contributed by atoms with Crippen molar-refractivity contribution in [1.29, 1.82) is 0 Å². The molecule has 0 aromatic rings. The van der Waals surface area contributed by atoms with Crippen LogP contribution in [0, 0.1) is 0 Å². The molecule has 1 aliphatic heterocycles. The van der Waals surface area contributed by atoms with Crippen molar-refractivity contribution in [2.75, 3.05) is 26.3 Å². The smallest absolute Gasteiger partial charge is 0.0594 e. The van der Waals surface area contributed by atoms with Crippen LogP contribution in [0.1, 0.15) is 39.5 Å². The standard InChI is InChI=1S/C13H26N2O/c1-11(14-13-5-3-4-6-13)12(2)15-7-9-16-10-8-15/h11-14H,3-10H2,1-2H3. The van der Waals surface area contributed by atoms with Gasteiger partial charge in [-0.05, 0) is 26.7 Å². The molecule has 1 saturated carbocycles. The molecule has 0 amide bonds. The molecule has 94 valence electrons. The minimum Gasteiger partial charge on any atom is -0.379 e. The van der Waals surface area contributed by atoms with Gasteiger partial charge < -0.3 is 10.1 Å². The first-order valence-corrected chi connectivity index (χ1v) is 6.85. The second kappa shape index (κ2) is 5.99. The highest BCUT2D eigenvalue weighted by molar-refractivity contribution is 4.84. The van der Waals surface area contributed by atoms with E-state index in [1.54, 1.807) is 0 Å². The molecule has 3 heteroatoms. The number of hydrogen-bond donors (Lipinski definition) is 1. The third-order valence-corrected chi connectivity index (χ3v) is 4.20. The SMILES string of the molecule is CC(NC1CCCC1)C(C)N1CCOCC1. The average Bonchev–Trinajstić information content (AvgIpc) is 2.82. The Morgan fingerprint density at radius 3 is 2.38 bits per heavy atom. The fourth-order valence-electron chi connectivity index (χ4n) is 2.90. The first-order valence-electron chi connectivity index (χ1n) is 6.85. The molecular formula is C13H26N2O. The molecule has 3 nitrogen and oxygen atoms in total.